The van der Waals surface area contributed by atoms with Gasteiger partial charge in [0.05, 0.1) is 16.7 Å². The van der Waals surface area contributed by atoms with E-state index >= 15 is 0 Å². The second-order valence-electron chi connectivity index (χ2n) is 5.40. The summed E-state index contributed by atoms with van der Waals surface area (Å²) >= 11 is 0.569. The molecular formula is C16H13BCl2F8N2NaNiO4. The molecule has 0 unspecified atom stereocenters. The first-order valence-corrected chi connectivity index (χ1v) is 10.5. The van der Waals surface area contributed by atoms with Gasteiger partial charge in [-0.05, 0) is 24.3 Å². The van der Waals surface area contributed by atoms with E-state index in [2.05, 4.69) is 9.47 Å². The van der Waals surface area contributed by atoms with Gasteiger partial charge in [-0.3, -0.25) is 10.1 Å². The third-order valence-electron chi connectivity index (χ3n) is 2.87. The van der Waals surface area contributed by atoms with Crippen LogP contribution in [0.3, 0.4) is 0 Å². The van der Waals surface area contributed by atoms with Crippen molar-refractivity contribution in [3.63, 3.8) is 0 Å². The minimum Gasteiger partial charge on any atom is -1.00 e. The number of halogens is 10. The summed E-state index contributed by atoms with van der Waals surface area (Å²) in [6, 6.07) is 4.97. The number of benzene rings is 2. The maximum Gasteiger partial charge on any atom is 1.00 e. The smallest absolute Gasteiger partial charge is 1.00 e. The molecule has 0 saturated carbocycles. The summed E-state index contributed by atoms with van der Waals surface area (Å²) in [7, 11) is 9.40. The zero-order valence-electron chi connectivity index (χ0n) is 18.2. The Hall–Kier alpha value is -1.18. The molecule has 3 radical (unpaired) electrons. The van der Waals surface area contributed by atoms with Gasteiger partial charge >= 0.3 is 80.6 Å². The van der Waals surface area contributed by atoms with E-state index < -0.39 is 53.6 Å². The maximum atomic E-state index is 12.6. The fraction of sp³-hybridized carbons (Fsp3) is 0.250. The molecule has 0 atom stereocenters. The predicted octanol–water partition coefficient (Wildman–Crippen LogP) is 3.14. The largest absolute Gasteiger partial charge is 1.00 e. The Bertz CT molecular complexity index is 923. The number of nitro benzene ring substituents is 1. The molecular weight excluding hydrogens is 600 g/mol. The van der Waals surface area contributed by atoms with E-state index in [1.54, 1.807) is 0 Å². The molecule has 0 bridgehead atoms. The van der Waals surface area contributed by atoms with Gasteiger partial charge in [-0.2, -0.15) is 26.3 Å². The van der Waals surface area contributed by atoms with Crippen molar-refractivity contribution in [1.29, 1.82) is 0 Å². The Kier molecular flexibility index (Phi) is 19.9. The van der Waals surface area contributed by atoms with Crippen LogP contribution < -0.4 is 44.8 Å². The number of anilines is 1. The van der Waals surface area contributed by atoms with E-state index in [9.17, 15) is 45.2 Å². The Balaban J connectivity index is -0.000000240. The van der Waals surface area contributed by atoms with Crippen LogP contribution in [-0.4, -0.2) is 38.9 Å². The van der Waals surface area contributed by atoms with Crippen molar-refractivity contribution >= 4 is 40.2 Å². The summed E-state index contributed by atoms with van der Waals surface area (Å²) in [5, 5.41) is 10.4. The Morgan fingerprint density at radius 2 is 1.29 bits per heavy atom. The molecule has 2 aromatic carbocycles. The summed E-state index contributed by atoms with van der Waals surface area (Å²) in [4.78, 5) is 9.36. The standard InChI is InChI=1S/C8H5F4NO3.C8H7F4NO.B.2ClH.Na.Ni.H/c9-5-1-2-7(6(3-5)13(14)15)16-4-8(10,11)12;9-5-1-2-7(6(13)3-5)14-4-8(10,11)12;;;;;;/h1-3H,4H2;1-3H,4,13H2;;2*1H;;;/q;;;;;+1;+2;-1/p-2. The minimum absolute atomic E-state index is 0. The van der Waals surface area contributed by atoms with Gasteiger partial charge in [0.15, 0.2) is 19.0 Å². The van der Waals surface area contributed by atoms with Gasteiger partial charge in [0.1, 0.15) is 17.4 Å². The summed E-state index contributed by atoms with van der Waals surface area (Å²) in [6.45, 7) is -3.11. The van der Waals surface area contributed by atoms with Crippen LogP contribution in [-0.2, 0) is 12.7 Å². The fourth-order valence-electron chi connectivity index (χ4n) is 1.73. The van der Waals surface area contributed by atoms with Gasteiger partial charge < -0.3 is 16.6 Å². The van der Waals surface area contributed by atoms with Crippen molar-refractivity contribution in [2.24, 2.45) is 0 Å². The monoisotopic (exact) mass is 611 g/mol. The Labute approximate surface area is 233 Å². The molecule has 0 saturated heterocycles. The van der Waals surface area contributed by atoms with E-state index in [0.29, 0.717) is 18.7 Å². The van der Waals surface area contributed by atoms with E-state index in [-0.39, 0.29) is 50.8 Å². The number of nitro groups is 1. The molecule has 0 spiro atoms. The summed E-state index contributed by atoms with van der Waals surface area (Å²) in [5.74, 6) is -2.35. The molecule has 195 valence electrons. The Morgan fingerprint density at radius 1 is 0.914 bits per heavy atom. The molecule has 0 amide bonds. The number of nitrogens with two attached hydrogens (primary N) is 1. The Morgan fingerprint density at radius 3 is 1.66 bits per heavy atom. The number of alkyl halides is 6. The van der Waals surface area contributed by atoms with Gasteiger partial charge in [-0.25, -0.2) is 8.78 Å². The minimum atomic E-state index is -4.61. The first-order valence-electron chi connectivity index (χ1n) is 7.80. The van der Waals surface area contributed by atoms with E-state index in [4.69, 9.17) is 26.1 Å². The van der Waals surface area contributed by atoms with Gasteiger partial charge in [0.2, 0.25) is 0 Å². The number of nitrogens with zero attached hydrogens (tertiary/aromatic N) is 1. The number of rotatable bonds is 5. The average Bonchev–Trinajstić information content (AvgIpc) is 2.66. The van der Waals surface area contributed by atoms with Gasteiger partial charge in [-0.15, -0.1) is 0 Å². The van der Waals surface area contributed by atoms with Crippen LogP contribution in [0.2, 0.25) is 0 Å². The molecule has 0 heterocycles. The zero-order chi connectivity index (χ0) is 25.8. The zero-order valence-corrected chi connectivity index (χ0v) is 21.7. The number of hydrogen-bond acceptors (Lipinski definition) is 5. The van der Waals surface area contributed by atoms with Crippen LogP contribution in [0.4, 0.5) is 46.5 Å². The van der Waals surface area contributed by atoms with Gasteiger partial charge in [-0.1, -0.05) is 0 Å². The molecule has 6 nitrogen and oxygen atoms in total. The molecule has 2 aromatic rings. The maximum absolute atomic E-state index is 12.6. The van der Waals surface area contributed by atoms with Crippen molar-refractivity contribution in [1.82, 2.24) is 0 Å². The molecule has 35 heavy (non-hydrogen) atoms. The van der Waals surface area contributed by atoms with Crippen LogP contribution in [0.25, 0.3) is 0 Å². The van der Waals surface area contributed by atoms with E-state index in [1.807, 2.05) is 0 Å². The quantitative estimate of drug-likeness (QED) is 0.184. The van der Waals surface area contributed by atoms with Crippen LogP contribution in [0.5, 0.6) is 11.5 Å². The second-order valence-corrected chi connectivity index (χ2v) is 7.04. The van der Waals surface area contributed by atoms with E-state index in [0.717, 1.165) is 30.3 Å². The van der Waals surface area contributed by atoms with Crippen molar-refractivity contribution in [3.8, 4) is 11.5 Å². The number of nitrogen functional groups attached to an aromatic ring is 1. The molecule has 0 fully saturated rings. The van der Waals surface area contributed by atoms with Crippen molar-refractivity contribution < 1.29 is 93.2 Å². The third kappa shape index (κ3) is 18.7. The topological polar surface area (TPSA) is 87.6 Å². The van der Waals surface area contributed by atoms with Crippen molar-refractivity contribution in [2.75, 3.05) is 18.9 Å². The molecule has 0 aliphatic rings. The number of hydrogen-bond donors (Lipinski definition) is 1. The normalized spacial score (nSPS) is 10.3. The van der Waals surface area contributed by atoms with Gasteiger partial charge in [0, 0.05) is 14.5 Å². The van der Waals surface area contributed by atoms with Crippen LogP contribution >= 0.6 is 20.4 Å². The average molecular weight is 613 g/mol. The first kappa shape index (κ1) is 38.4. The summed E-state index contributed by atoms with van der Waals surface area (Å²) < 4.78 is 104. The molecule has 0 aliphatic carbocycles. The summed E-state index contributed by atoms with van der Waals surface area (Å²) in [6.07, 6.45) is -9.04. The molecule has 2 rings (SSSR count). The predicted molar refractivity (Wildman–Crippen MR) is 106 cm³/mol. The second kappa shape index (κ2) is 18.1. The van der Waals surface area contributed by atoms with Crippen molar-refractivity contribution in [2.45, 2.75) is 12.4 Å². The molecule has 0 aromatic heterocycles. The van der Waals surface area contributed by atoms with Crippen LogP contribution in [0.1, 0.15) is 1.43 Å². The van der Waals surface area contributed by atoms with Crippen LogP contribution in [0.15, 0.2) is 36.4 Å². The van der Waals surface area contributed by atoms with Gasteiger partial charge in [0.25, 0.3) is 0 Å². The molecule has 2 N–H and O–H groups in total. The first-order chi connectivity index (χ1) is 15.1. The SMILES string of the molecule is Nc1cc(F)ccc1OCC(F)(F)F.O=[N+]([O-])c1cc(F)ccc1OCC(F)(F)F.[B].[Cl][Ni][Cl].[H-].[Na+]. The molecule has 0 aliphatic heterocycles. The number of ether oxygens (including phenoxy) is 2. The van der Waals surface area contributed by atoms with Crippen LogP contribution in [0, 0.1) is 21.7 Å². The third-order valence-corrected chi connectivity index (χ3v) is 2.87. The van der Waals surface area contributed by atoms with Crippen molar-refractivity contribution in [3.05, 3.63) is 58.1 Å². The molecule has 19 heteroatoms. The fourth-order valence-corrected chi connectivity index (χ4v) is 1.73. The van der Waals surface area contributed by atoms with E-state index in [1.165, 1.54) is 0 Å². The summed E-state index contributed by atoms with van der Waals surface area (Å²) in [5.41, 5.74) is 4.22.